The number of hydrogen-bond acceptors (Lipinski definition) is 3. The molecule has 16 heavy (non-hydrogen) atoms. The van der Waals surface area contributed by atoms with Crippen molar-refractivity contribution < 1.29 is 9.47 Å². The molecule has 0 N–H and O–H groups in total. The second-order valence-corrected chi connectivity index (χ2v) is 3.72. The third-order valence-electron chi connectivity index (χ3n) is 2.19. The first-order valence-corrected chi connectivity index (χ1v) is 6.09. The van der Waals surface area contributed by atoms with E-state index in [0.29, 0.717) is 11.8 Å². The van der Waals surface area contributed by atoms with Gasteiger partial charge in [0.25, 0.3) is 0 Å². The highest BCUT2D eigenvalue weighted by atomic mass is 16.5. The monoisotopic (exact) mass is 223 g/mol. The van der Waals surface area contributed by atoms with Gasteiger partial charge in [-0.3, -0.25) is 0 Å². The van der Waals surface area contributed by atoms with Crippen LogP contribution in [-0.4, -0.2) is 18.2 Å². The van der Waals surface area contributed by atoms with Crippen LogP contribution in [0.3, 0.4) is 0 Å². The van der Waals surface area contributed by atoms with Gasteiger partial charge in [0.15, 0.2) is 0 Å². The van der Waals surface area contributed by atoms with E-state index >= 15 is 0 Å². The number of pyridine rings is 1. The van der Waals surface area contributed by atoms with Crippen molar-refractivity contribution in [2.45, 2.75) is 39.5 Å². The van der Waals surface area contributed by atoms with E-state index in [2.05, 4.69) is 18.8 Å². The molecule has 0 bridgehead atoms. The quantitative estimate of drug-likeness (QED) is 0.633. The molecule has 0 aromatic carbocycles. The van der Waals surface area contributed by atoms with Gasteiger partial charge in [0.1, 0.15) is 0 Å². The zero-order valence-electron chi connectivity index (χ0n) is 10.2. The molecule has 0 radical (unpaired) electrons. The minimum Gasteiger partial charge on any atom is -0.478 e. The molecule has 90 valence electrons. The fourth-order valence-electron chi connectivity index (χ4n) is 1.20. The predicted octanol–water partition coefficient (Wildman–Crippen LogP) is 3.44. The molecule has 0 unspecified atom stereocenters. The first-order chi connectivity index (χ1) is 7.86. The molecule has 1 rings (SSSR count). The van der Waals surface area contributed by atoms with Crippen LogP contribution in [-0.2, 0) is 0 Å². The number of unbranched alkanes of at least 4 members (excludes halogenated alkanes) is 2. The van der Waals surface area contributed by atoms with Crippen LogP contribution in [0.5, 0.6) is 11.8 Å². The van der Waals surface area contributed by atoms with Crippen LogP contribution in [0, 0.1) is 0 Å². The summed E-state index contributed by atoms with van der Waals surface area (Å²) in [6, 6.07) is 5.64. The van der Waals surface area contributed by atoms with Gasteiger partial charge in [-0.25, -0.2) is 0 Å². The minimum absolute atomic E-state index is 0.655. The smallest absolute Gasteiger partial charge is 0.216 e. The molecule has 0 saturated carbocycles. The van der Waals surface area contributed by atoms with Crippen molar-refractivity contribution in [2.75, 3.05) is 13.2 Å². The minimum atomic E-state index is 0.655. The summed E-state index contributed by atoms with van der Waals surface area (Å²) in [6.07, 6.45) is 4.38. The summed E-state index contributed by atoms with van der Waals surface area (Å²) in [7, 11) is 0. The molecular weight excluding hydrogens is 202 g/mol. The van der Waals surface area contributed by atoms with E-state index in [4.69, 9.17) is 9.47 Å². The van der Waals surface area contributed by atoms with Crippen molar-refractivity contribution in [2.24, 2.45) is 0 Å². The first kappa shape index (κ1) is 12.8. The third kappa shape index (κ3) is 5.01. The van der Waals surface area contributed by atoms with Crippen molar-refractivity contribution in [3.05, 3.63) is 18.2 Å². The number of hydrogen-bond donors (Lipinski definition) is 0. The van der Waals surface area contributed by atoms with Crippen LogP contribution in [0.1, 0.15) is 39.5 Å². The van der Waals surface area contributed by atoms with Crippen LogP contribution in [0.4, 0.5) is 0 Å². The Morgan fingerprint density at radius 1 is 0.938 bits per heavy atom. The molecule has 0 fully saturated rings. The highest BCUT2D eigenvalue weighted by molar-refractivity contribution is 5.19. The molecule has 0 atom stereocenters. The van der Waals surface area contributed by atoms with Gasteiger partial charge >= 0.3 is 0 Å². The summed E-state index contributed by atoms with van der Waals surface area (Å²) in [5, 5.41) is 0. The number of aromatic nitrogens is 1. The molecule has 1 aromatic heterocycles. The SMILES string of the molecule is CCCCOc1cccc(OCCCC)n1. The van der Waals surface area contributed by atoms with Crippen LogP contribution < -0.4 is 9.47 Å². The molecular formula is C13H21NO2. The van der Waals surface area contributed by atoms with Gasteiger partial charge in [-0.05, 0) is 12.8 Å². The molecule has 3 nitrogen and oxygen atoms in total. The average molecular weight is 223 g/mol. The van der Waals surface area contributed by atoms with Crippen molar-refractivity contribution in [1.29, 1.82) is 0 Å². The predicted molar refractivity (Wildman–Crippen MR) is 65.0 cm³/mol. The van der Waals surface area contributed by atoms with E-state index in [-0.39, 0.29) is 0 Å². The standard InChI is InChI=1S/C13H21NO2/c1-3-5-10-15-12-8-7-9-13(14-12)16-11-6-4-2/h7-9H,3-6,10-11H2,1-2H3. The third-order valence-corrected chi connectivity index (χ3v) is 2.19. The summed E-state index contributed by atoms with van der Waals surface area (Å²) < 4.78 is 11.0. The zero-order valence-corrected chi connectivity index (χ0v) is 10.2. The zero-order chi connectivity index (χ0) is 11.6. The molecule has 0 aliphatic carbocycles. The lowest BCUT2D eigenvalue weighted by Crippen LogP contribution is -2.01. The Balaban J connectivity index is 2.37. The van der Waals surface area contributed by atoms with E-state index in [9.17, 15) is 0 Å². The highest BCUT2D eigenvalue weighted by Gasteiger charge is 1.99. The van der Waals surface area contributed by atoms with Crippen LogP contribution in [0.25, 0.3) is 0 Å². The lowest BCUT2D eigenvalue weighted by Gasteiger charge is -2.07. The summed E-state index contributed by atoms with van der Waals surface area (Å²) in [5.74, 6) is 1.31. The van der Waals surface area contributed by atoms with Gasteiger partial charge in [0, 0.05) is 12.1 Å². The van der Waals surface area contributed by atoms with Gasteiger partial charge in [-0.1, -0.05) is 32.8 Å². The Bertz CT molecular complexity index is 264. The summed E-state index contributed by atoms with van der Waals surface area (Å²) in [5.41, 5.74) is 0. The molecule has 0 amide bonds. The van der Waals surface area contributed by atoms with E-state index in [1.807, 2.05) is 18.2 Å². The Hall–Kier alpha value is -1.25. The van der Waals surface area contributed by atoms with Crippen molar-refractivity contribution in [1.82, 2.24) is 4.98 Å². The maximum Gasteiger partial charge on any atom is 0.216 e. The molecule has 0 aliphatic rings. The summed E-state index contributed by atoms with van der Waals surface area (Å²) >= 11 is 0. The normalized spacial score (nSPS) is 10.1. The summed E-state index contributed by atoms with van der Waals surface area (Å²) in [4.78, 5) is 4.27. The van der Waals surface area contributed by atoms with Gasteiger partial charge < -0.3 is 9.47 Å². The molecule has 3 heteroatoms. The fourth-order valence-corrected chi connectivity index (χ4v) is 1.20. The molecule has 1 heterocycles. The van der Waals surface area contributed by atoms with Crippen LogP contribution >= 0.6 is 0 Å². The largest absolute Gasteiger partial charge is 0.478 e. The molecule has 0 spiro atoms. The molecule has 1 aromatic rings. The van der Waals surface area contributed by atoms with Crippen LogP contribution in [0.2, 0.25) is 0 Å². The van der Waals surface area contributed by atoms with E-state index in [1.54, 1.807) is 0 Å². The van der Waals surface area contributed by atoms with Crippen LogP contribution in [0.15, 0.2) is 18.2 Å². The van der Waals surface area contributed by atoms with Gasteiger partial charge in [0.05, 0.1) is 13.2 Å². The van der Waals surface area contributed by atoms with Gasteiger partial charge in [-0.15, -0.1) is 0 Å². The van der Waals surface area contributed by atoms with Crippen molar-refractivity contribution in [3.8, 4) is 11.8 Å². The maximum absolute atomic E-state index is 5.50. The Kier molecular flexibility index (Phi) is 6.38. The Morgan fingerprint density at radius 3 is 1.88 bits per heavy atom. The summed E-state index contributed by atoms with van der Waals surface area (Å²) in [6.45, 7) is 5.73. The Morgan fingerprint density at radius 2 is 1.44 bits per heavy atom. The highest BCUT2D eigenvalue weighted by Crippen LogP contribution is 2.14. The molecule has 0 saturated heterocycles. The van der Waals surface area contributed by atoms with Crippen molar-refractivity contribution >= 4 is 0 Å². The first-order valence-electron chi connectivity index (χ1n) is 6.09. The van der Waals surface area contributed by atoms with Crippen molar-refractivity contribution in [3.63, 3.8) is 0 Å². The Labute approximate surface area is 97.8 Å². The fraction of sp³-hybridized carbons (Fsp3) is 0.615. The van der Waals surface area contributed by atoms with Gasteiger partial charge in [-0.2, -0.15) is 4.98 Å². The topological polar surface area (TPSA) is 31.4 Å². The van der Waals surface area contributed by atoms with E-state index < -0.39 is 0 Å². The second kappa shape index (κ2) is 7.97. The lowest BCUT2D eigenvalue weighted by atomic mass is 10.4. The maximum atomic E-state index is 5.50. The number of ether oxygens (including phenoxy) is 2. The average Bonchev–Trinajstić information content (AvgIpc) is 2.30. The van der Waals surface area contributed by atoms with E-state index in [0.717, 1.165) is 38.9 Å². The second-order valence-electron chi connectivity index (χ2n) is 3.72. The lowest BCUT2D eigenvalue weighted by molar-refractivity contribution is 0.273. The van der Waals surface area contributed by atoms with Gasteiger partial charge in [0.2, 0.25) is 11.8 Å². The molecule has 0 aliphatic heterocycles. The number of rotatable bonds is 8. The number of nitrogens with zero attached hydrogens (tertiary/aromatic N) is 1. The van der Waals surface area contributed by atoms with E-state index in [1.165, 1.54) is 0 Å².